The molecule has 0 spiro atoms. The number of rotatable bonds is 2. The van der Waals surface area contributed by atoms with Gasteiger partial charge in [0.05, 0.1) is 0 Å². The fourth-order valence-corrected chi connectivity index (χ4v) is 1.57. The molecule has 0 saturated heterocycles. The van der Waals surface area contributed by atoms with Crippen molar-refractivity contribution < 1.29 is 9.90 Å². The van der Waals surface area contributed by atoms with E-state index < -0.39 is 5.60 Å². The van der Waals surface area contributed by atoms with Crippen molar-refractivity contribution >= 4 is 5.78 Å². The molecule has 0 aromatic rings. The minimum Gasteiger partial charge on any atom is -0.382 e. The number of carbonyl (C=O) groups is 1. The molecule has 2 nitrogen and oxygen atoms in total. The van der Waals surface area contributed by atoms with Crippen LogP contribution in [0.5, 0.6) is 0 Å². The monoisotopic (exact) mass is 156 g/mol. The van der Waals surface area contributed by atoms with Crippen molar-refractivity contribution in [1.29, 1.82) is 0 Å². The van der Waals surface area contributed by atoms with E-state index >= 15 is 0 Å². The van der Waals surface area contributed by atoms with Crippen molar-refractivity contribution in [2.75, 3.05) is 0 Å². The maximum atomic E-state index is 11.4. The van der Waals surface area contributed by atoms with Crippen LogP contribution in [0.15, 0.2) is 0 Å². The summed E-state index contributed by atoms with van der Waals surface area (Å²) in [6.07, 6.45) is 1.64. The lowest BCUT2D eigenvalue weighted by atomic mass is 9.66. The fourth-order valence-electron chi connectivity index (χ4n) is 1.57. The molecule has 2 unspecified atom stereocenters. The van der Waals surface area contributed by atoms with Gasteiger partial charge in [-0.3, -0.25) is 4.79 Å². The molecule has 0 aromatic heterocycles. The van der Waals surface area contributed by atoms with Crippen molar-refractivity contribution in [3.63, 3.8) is 0 Å². The molecule has 1 rings (SSSR count). The molecule has 2 atom stereocenters. The van der Waals surface area contributed by atoms with Crippen molar-refractivity contribution in [1.82, 2.24) is 0 Å². The van der Waals surface area contributed by atoms with E-state index in [0.29, 0.717) is 6.42 Å². The lowest BCUT2D eigenvalue weighted by Crippen LogP contribution is -2.53. The van der Waals surface area contributed by atoms with E-state index in [1.807, 2.05) is 20.8 Å². The van der Waals surface area contributed by atoms with Crippen LogP contribution in [0.3, 0.4) is 0 Å². The molecule has 1 N–H and O–H groups in total. The molecule has 11 heavy (non-hydrogen) atoms. The number of hydrogen-bond acceptors (Lipinski definition) is 2. The zero-order valence-electron chi connectivity index (χ0n) is 7.42. The number of Topliss-reactive ketones (excluding diaryl/α,β-unsaturated/α-hetero) is 1. The predicted molar refractivity (Wildman–Crippen MR) is 43.2 cm³/mol. The summed E-state index contributed by atoms with van der Waals surface area (Å²) in [7, 11) is 0. The Morgan fingerprint density at radius 1 is 1.64 bits per heavy atom. The molecular formula is C9H16O2. The van der Waals surface area contributed by atoms with E-state index in [1.54, 1.807) is 0 Å². The highest BCUT2D eigenvalue weighted by molar-refractivity contribution is 5.89. The predicted octanol–water partition coefficient (Wildman–Crippen LogP) is 1.37. The summed E-state index contributed by atoms with van der Waals surface area (Å²) in [4.78, 5) is 11.4. The highest BCUT2D eigenvalue weighted by Gasteiger charge is 2.48. The van der Waals surface area contributed by atoms with Crippen molar-refractivity contribution in [3.05, 3.63) is 0 Å². The topological polar surface area (TPSA) is 37.3 Å². The summed E-state index contributed by atoms with van der Waals surface area (Å²) in [6, 6.07) is 0. The Kier molecular flexibility index (Phi) is 2.06. The van der Waals surface area contributed by atoms with Crippen LogP contribution in [0.25, 0.3) is 0 Å². The first-order chi connectivity index (χ1) is 4.98. The van der Waals surface area contributed by atoms with Crippen LogP contribution in [-0.4, -0.2) is 16.5 Å². The van der Waals surface area contributed by atoms with Crippen LogP contribution in [0.4, 0.5) is 0 Å². The maximum Gasteiger partial charge on any atom is 0.167 e. The second-order valence-electron chi connectivity index (χ2n) is 3.88. The molecule has 1 aliphatic rings. The number of aliphatic hydroxyl groups is 1. The van der Waals surface area contributed by atoms with Crippen LogP contribution >= 0.6 is 0 Å². The zero-order valence-corrected chi connectivity index (χ0v) is 7.42. The molecule has 0 aliphatic heterocycles. The number of ketones is 1. The van der Waals surface area contributed by atoms with Gasteiger partial charge in [-0.05, 0) is 18.8 Å². The van der Waals surface area contributed by atoms with E-state index in [9.17, 15) is 9.90 Å². The summed E-state index contributed by atoms with van der Waals surface area (Å²) < 4.78 is 0. The number of hydrogen-bond donors (Lipinski definition) is 1. The third-order valence-corrected chi connectivity index (χ3v) is 2.72. The van der Waals surface area contributed by atoms with Crippen LogP contribution in [0, 0.1) is 11.8 Å². The smallest absolute Gasteiger partial charge is 0.167 e. The summed E-state index contributed by atoms with van der Waals surface area (Å²) in [5.74, 6) is 0.136. The molecule has 0 bridgehead atoms. The van der Waals surface area contributed by atoms with Gasteiger partial charge in [0.2, 0.25) is 0 Å². The Bertz CT molecular complexity index is 174. The average molecular weight is 156 g/mol. The Morgan fingerprint density at radius 3 is 2.27 bits per heavy atom. The van der Waals surface area contributed by atoms with Crippen LogP contribution < -0.4 is 0 Å². The van der Waals surface area contributed by atoms with Gasteiger partial charge < -0.3 is 5.11 Å². The second-order valence-corrected chi connectivity index (χ2v) is 3.88. The SMILES string of the molecule is CC(C)C(=O)C1(O)CCC1C. The average Bonchev–Trinajstić information content (AvgIpc) is 1.98. The van der Waals surface area contributed by atoms with E-state index in [-0.39, 0.29) is 17.6 Å². The first-order valence-electron chi connectivity index (χ1n) is 4.25. The van der Waals surface area contributed by atoms with Crippen LogP contribution in [-0.2, 0) is 4.79 Å². The van der Waals surface area contributed by atoms with Gasteiger partial charge in [0, 0.05) is 5.92 Å². The molecule has 1 saturated carbocycles. The van der Waals surface area contributed by atoms with Gasteiger partial charge in [0.15, 0.2) is 5.78 Å². The quantitative estimate of drug-likeness (QED) is 0.655. The third kappa shape index (κ3) is 1.20. The molecule has 0 amide bonds. The molecule has 0 heterocycles. The second kappa shape index (κ2) is 2.59. The van der Waals surface area contributed by atoms with Gasteiger partial charge >= 0.3 is 0 Å². The van der Waals surface area contributed by atoms with Gasteiger partial charge in [0.1, 0.15) is 5.60 Å². The largest absolute Gasteiger partial charge is 0.382 e. The first kappa shape index (κ1) is 8.72. The molecular weight excluding hydrogens is 140 g/mol. The first-order valence-corrected chi connectivity index (χ1v) is 4.25. The lowest BCUT2D eigenvalue weighted by molar-refractivity contribution is -0.159. The summed E-state index contributed by atoms with van der Waals surface area (Å²) >= 11 is 0. The Hall–Kier alpha value is -0.370. The normalized spacial score (nSPS) is 37.0. The standard InChI is InChI=1S/C9H16O2/c1-6(2)8(10)9(11)5-4-7(9)3/h6-7,11H,4-5H2,1-3H3. The van der Waals surface area contributed by atoms with E-state index in [1.165, 1.54) is 0 Å². The Morgan fingerprint density at radius 2 is 2.18 bits per heavy atom. The molecule has 0 aromatic carbocycles. The summed E-state index contributed by atoms with van der Waals surface area (Å²) in [5.41, 5.74) is -0.978. The maximum absolute atomic E-state index is 11.4. The third-order valence-electron chi connectivity index (χ3n) is 2.72. The van der Waals surface area contributed by atoms with E-state index in [4.69, 9.17) is 0 Å². The Labute approximate surface area is 67.6 Å². The fraction of sp³-hybridized carbons (Fsp3) is 0.889. The van der Waals surface area contributed by atoms with Crippen LogP contribution in [0.2, 0.25) is 0 Å². The van der Waals surface area contributed by atoms with Gasteiger partial charge in [-0.2, -0.15) is 0 Å². The van der Waals surface area contributed by atoms with Crippen molar-refractivity contribution in [2.24, 2.45) is 11.8 Å². The zero-order chi connectivity index (χ0) is 8.65. The van der Waals surface area contributed by atoms with E-state index in [0.717, 1.165) is 6.42 Å². The van der Waals surface area contributed by atoms with Gasteiger partial charge in [-0.25, -0.2) is 0 Å². The van der Waals surface area contributed by atoms with Gasteiger partial charge in [0.25, 0.3) is 0 Å². The summed E-state index contributed by atoms with van der Waals surface area (Å²) in [6.45, 7) is 5.61. The highest BCUT2D eigenvalue weighted by Crippen LogP contribution is 2.40. The summed E-state index contributed by atoms with van der Waals surface area (Å²) in [5, 5.41) is 9.77. The molecule has 1 aliphatic carbocycles. The van der Waals surface area contributed by atoms with E-state index in [2.05, 4.69) is 0 Å². The van der Waals surface area contributed by atoms with Crippen molar-refractivity contribution in [2.45, 2.75) is 39.2 Å². The highest BCUT2D eigenvalue weighted by atomic mass is 16.3. The molecule has 1 fully saturated rings. The van der Waals surface area contributed by atoms with Gasteiger partial charge in [-0.15, -0.1) is 0 Å². The van der Waals surface area contributed by atoms with Gasteiger partial charge in [-0.1, -0.05) is 20.8 Å². The number of carbonyl (C=O) groups excluding carboxylic acids is 1. The van der Waals surface area contributed by atoms with Crippen LogP contribution in [0.1, 0.15) is 33.6 Å². The Balaban J connectivity index is 2.66. The molecule has 0 radical (unpaired) electrons. The lowest BCUT2D eigenvalue weighted by Gasteiger charge is -2.43. The van der Waals surface area contributed by atoms with Crippen molar-refractivity contribution in [3.8, 4) is 0 Å². The minimum atomic E-state index is -0.978. The minimum absolute atomic E-state index is 0.0104. The molecule has 64 valence electrons. The molecule has 2 heteroatoms.